The molecule has 0 saturated carbocycles. The minimum absolute atomic E-state index is 0.209. The molecular weight excluding hydrogens is 299 g/mol. The van der Waals surface area contributed by atoms with Crippen molar-refractivity contribution in [2.24, 2.45) is 0 Å². The van der Waals surface area contributed by atoms with Gasteiger partial charge in [-0.05, 0) is 30.5 Å². The summed E-state index contributed by atoms with van der Waals surface area (Å²) >= 11 is 1.19. The van der Waals surface area contributed by atoms with Crippen molar-refractivity contribution < 1.29 is 12.8 Å². The summed E-state index contributed by atoms with van der Waals surface area (Å²) in [5.41, 5.74) is 1.48. The molecule has 0 spiro atoms. The van der Waals surface area contributed by atoms with Crippen LogP contribution in [0.4, 0.5) is 9.52 Å². The first-order valence-electron chi connectivity index (χ1n) is 6.04. The van der Waals surface area contributed by atoms with E-state index >= 15 is 0 Å². The molecule has 0 atom stereocenters. The summed E-state index contributed by atoms with van der Waals surface area (Å²) in [6.07, 6.45) is 0. The van der Waals surface area contributed by atoms with Gasteiger partial charge in [-0.15, -0.1) is 11.3 Å². The third-order valence-electron chi connectivity index (χ3n) is 2.71. The molecule has 1 aromatic carbocycles. The third-order valence-corrected chi connectivity index (χ3v) is 4.97. The van der Waals surface area contributed by atoms with Gasteiger partial charge in [0.15, 0.2) is 5.13 Å². The van der Waals surface area contributed by atoms with Crippen molar-refractivity contribution in [2.75, 3.05) is 4.72 Å². The fourth-order valence-corrected chi connectivity index (χ4v) is 3.87. The van der Waals surface area contributed by atoms with E-state index in [4.69, 9.17) is 0 Å². The Balaban J connectivity index is 2.33. The molecule has 1 heterocycles. The molecule has 0 fully saturated rings. The van der Waals surface area contributed by atoms with Gasteiger partial charge in [0.1, 0.15) is 10.7 Å². The van der Waals surface area contributed by atoms with Gasteiger partial charge in [0.25, 0.3) is 10.0 Å². The van der Waals surface area contributed by atoms with Crippen molar-refractivity contribution in [3.63, 3.8) is 0 Å². The molecule has 4 nitrogen and oxygen atoms in total. The first-order chi connectivity index (χ1) is 9.29. The number of sulfonamides is 1. The molecular formula is C13H15FN2O2S2. The lowest BCUT2D eigenvalue weighted by molar-refractivity contribution is 0.570. The van der Waals surface area contributed by atoms with Gasteiger partial charge in [0.05, 0.1) is 5.69 Å². The van der Waals surface area contributed by atoms with Gasteiger partial charge < -0.3 is 0 Å². The predicted octanol–water partition coefficient (Wildman–Crippen LogP) is 3.51. The fraction of sp³-hybridized carbons (Fsp3) is 0.308. The number of nitrogens with one attached hydrogen (secondary N) is 1. The van der Waals surface area contributed by atoms with Gasteiger partial charge >= 0.3 is 0 Å². The molecule has 0 aliphatic heterocycles. The molecule has 0 bridgehead atoms. The molecule has 0 aliphatic carbocycles. The molecule has 0 unspecified atom stereocenters. The van der Waals surface area contributed by atoms with Crippen LogP contribution in [0.1, 0.15) is 31.0 Å². The van der Waals surface area contributed by atoms with Crippen LogP contribution in [0.3, 0.4) is 0 Å². The zero-order valence-corrected chi connectivity index (χ0v) is 13.0. The maximum Gasteiger partial charge on any atom is 0.266 e. The quantitative estimate of drug-likeness (QED) is 0.939. The number of rotatable bonds is 4. The lowest BCUT2D eigenvalue weighted by Gasteiger charge is -2.07. The highest BCUT2D eigenvalue weighted by molar-refractivity contribution is 7.93. The summed E-state index contributed by atoms with van der Waals surface area (Å²) in [7, 11) is -3.96. The zero-order chi connectivity index (χ0) is 14.9. The Morgan fingerprint density at radius 1 is 1.35 bits per heavy atom. The number of aryl methyl sites for hydroxylation is 1. The van der Waals surface area contributed by atoms with Crippen LogP contribution in [0, 0.1) is 12.7 Å². The smallest absolute Gasteiger partial charge is 0.255 e. The monoisotopic (exact) mass is 314 g/mol. The zero-order valence-electron chi connectivity index (χ0n) is 11.3. The SMILES string of the molecule is Cc1ccc(F)c(S(=O)(=O)Nc2nc(C(C)C)cs2)c1. The van der Waals surface area contributed by atoms with E-state index in [2.05, 4.69) is 9.71 Å². The summed E-state index contributed by atoms with van der Waals surface area (Å²) in [5.74, 6) is -0.566. The molecule has 1 N–H and O–H groups in total. The highest BCUT2D eigenvalue weighted by atomic mass is 32.2. The van der Waals surface area contributed by atoms with Crippen LogP contribution in [-0.2, 0) is 10.0 Å². The van der Waals surface area contributed by atoms with Crippen molar-refractivity contribution in [3.05, 3.63) is 40.7 Å². The van der Waals surface area contributed by atoms with Crippen LogP contribution in [0.15, 0.2) is 28.5 Å². The second-order valence-corrected chi connectivity index (χ2v) is 7.28. The molecule has 0 aliphatic rings. The third kappa shape index (κ3) is 3.16. The second kappa shape index (κ2) is 5.49. The molecule has 0 amide bonds. The van der Waals surface area contributed by atoms with Crippen LogP contribution in [0.25, 0.3) is 0 Å². The van der Waals surface area contributed by atoms with Gasteiger partial charge in [0, 0.05) is 5.38 Å². The average molecular weight is 314 g/mol. The van der Waals surface area contributed by atoms with Crippen LogP contribution in [0.5, 0.6) is 0 Å². The molecule has 108 valence electrons. The van der Waals surface area contributed by atoms with Crippen LogP contribution < -0.4 is 4.72 Å². The minimum Gasteiger partial charge on any atom is -0.255 e. The van der Waals surface area contributed by atoms with Crippen LogP contribution in [0.2, 0.25) is 0 Å². The number of hydrogen-bond acceptors (Lipinski definition) is 4. The van der Waals surface area contributed by atoms with Gasteiger partial charge in [-0.3, -0.25) is 4.72 Å². The number of benzene rings is 1. The number of aromatic nitrogens is 1. The van der Waals surface area contributed by atoms with Gasteiger partial charge in [-0.25, -0.2) is 17.8 Å². The highest BCUT2D eigenvalue weighted by Crippen LogP contribution is 2.25. The number of anilines is 1. The molecule has 2 rings (SSSR count). The van der Waals surface area contributed by atoms with Crippen molar-refractivity contribution in [3.8, 4) is 0 Å². The molecule has 7 heteroatoms. The molecule has 20 heavy (non-hydrogen) atoms. The Bertz CT molecular complexity index is 724. The van der Waals surface area contributed by atoms with E-state index in [1.54, 1.807) is 12.3 Å². The summed E-state index contributed by atoms with van der Waals surface area (Å²) in [4.78, 5) is 3.82. The van der Waals surface area contributed by atoms with Crippen molar-refractivity contribution in [2.45, 2.75) is 31.6 Å². The van der Waals surface area contributed by atoms with Crippen LogP contribution in [-0.4, -0.2) is 13.4 Å². The van der Waals surface area contributed by atoms with Gasteiger partial charge in [-0.2, -0.15) is 0 Å². The van der Waals surface area contributed by atoms with Crippen LogP contribution >= 0.6 is 11.3 Å². The molecule has 1 aromatic heterocycles. The van der Waals surface area contributed by atoms with Gasteiger partial charge in [-0.1, -0.05) is 19.9 Å². The maximum atomic E-state index is 13.7. The molecule has 0 radical (unpaired) electrons. The first kappa shape index (κ1) is 14.9. The normalized spacial score (nSPS) is 11.8. The number of hydrogen-bond donors (Lipinski definition) is 1. The number of thiazole rings is 1. The van der Waals surface area contributed by atoms with Crippen molar-refractivity contribution >= 4 is 26.5 Å². The second-order valence-electron chi connectivity index (χ2n) is 4.77. The lowest BCUT2D eigenvalue weighted by Crippen LogP contribution is -2.14. The standard InChI is InChI=1S/C13H15FN2O2S2/c1-8(2)11-7-19-13(15-11)16-20(17,18)12-6-9(3)4-5-10(12)14/h4-8H,1-3H3,(H,15,16). The van der Waals surface area contributed by atoms with E-state index in [0.29, 0.717) is 5.56 Å². The topological polar surface area (TPSA) is 59.1 Å². The number of nitrogens with zero attached hydrogens (tertiary/aromatic N) is 1. The summed E-state index contributed by atoms with van der Waals surface area (Å²) < 4.78 is 40.3. The Kier molecular flexibility index (Phi) is 4.10. The largest absolute Gasteiger partial charge is 0.266 e. The van der Waals surface area contributed by atoms with Gasteiger partial charge in [0.2, 0.25) is 0 Å². The van der Waals surface area contributed by atoms with E-state index in [1.807, 2.05) is 13.8 Å². The predicted molar refractivity (Wildman–Crippen MR) is 78.1 cm³/mol. The Morgan fingerprint density at radius 2 is 2.05 bits per heavy atom. The van der Waals surface area contributed by atoms with Crippen molar-refractivity contribution in [1.29, 1.82) is 0 Å². The molecule has 0 saturated heterocycles. The highest BCUT2D eigenvalue weighted by Gasteiger charge is 2.21. The average Bonchev–Trinajstić information content (AvgIpc) is 2.80. The molecule has 2 aromatic rings. The van der Waals surface area contributed by atoms with E-state index in [9.17, 15) is 12.8 Å². The fourth-order valence-electron chi connectivity index (χ4n) is 1.58. The minimum atomic E-state index is -3.96. The first-order valence-corrected chi connectivity index (χ1v) is 8.40. The summed E-state index contributed by atoms with van der Waals surface area (Å²) in [5, 5.41) is 2.03. The van der Waals surface area contributed by atoms with E-state index < -0.39 is 15.8 Å². The maximum absolute atomic E-state index is 13.7. The van der Waals surface area contributed by atoms with E-state index in [-0.39, 0.29) is 15.9 Å². The Hall–Kier alpha value is -1.47. The Labute approximate surface area is 121 Å². The summed E-state index contributed by atoms with van der Waals surface area (Å²) in [6, 6.07) is 3.97. The number of halogens is 1. The van der Waals surface area contributed by atoms with E-state index in [0.717, 1.165) is 11.8 Å². The van der Waals surface area contributed by atoms with Crippen molar-refractivity contribution in [1.82, 2.24) is 4.98 Å². The van der Waals surface area contributed by atoms with E-state index in [1.165, 1.54) is 23.5 Å². The Morgan fingerprint density at radius 3 is 2.65 bits per heavy atom. The lowest BCUT2D eigenvalue weighted by atomic mass is 10.2. The summed E-state index contributed by atoms with van der Waals surface area (Å²) in [6.45, 7) is 5.64.